The molecular formula is C25H26F3N7O3. The second kappa shape index (κ2) is 10.7. The van der Waals surface area contributed by atoms with Gasteiger partial charge in [0.2, 0.25) is 11.9 Å². The van der Waals surface area contributed by atoms with Gasteiger partial charge in [-0.15, -0.1) is 0 Å². The number of nitrogens with zero attached hydrogens (tertiary/aromatic N) is 5. The molecule has 0 radical (unpaired) electrons. The molecule has 1 saturated heterocycles. The third kappa shape index (κ3) is 5.55. The van der Waals surface area contributed by atoms with Crippen LogP contribution in [0.2, 0.25) is 0 Å². The van der Waals surface area contributed by atoms with E-state index < -0.39 is 30.3 Å². The van der Waals surface area contributed by atoms with Crippen LogP contribution >= 0.6 is 0 Å². The zero-order valence-electron chi connectivity index (χ0n) is 20.4. The number of H-pyrrole nitrogens is 1. The largest absolute Gasteiger partial charge is 0.444 e. The summed E-state index contributed by atoms with van der Waals surface area (Å²) in [6, 6.07) is 7.34. The predicted octanol–water partition coefficient (Wildman–Crippen LogP) is 3.25. The number of hydrogen-bond donors (Lipinski definition) is 2. The van der Waals surface area contributed by atoms with E-state index in [9.17, 15) is 22.8 Å². The molecule has 2 aromatic heterocycles. The second-order valence-corrected chi connectivity index (χ2v) is 9.17. The maximum atomic E-state index is 13.9. The van der Waals surface area contributed by atoms with Crippen LogP contribution in [0.1, 0.15) is 35.4 Å². The van der Waals surface area contributed by atoms with Gasteiger partial charge in [0.15, 0.2) is 5.69 Å². The molecule has 10 nitrogen and oxygen atoms in total. The van der Waals surface area contributed by atoms with Crippen LogP contribution < -0.4 is 15.1 Å². The average molecular weight is 530 g/mol. The highest BCUT2D eigenvalue weighted by Gasteiger charge is 2.38. The number of anilines is 2. The third-order valence-electron chi connectivity index (χ3n) is 6.65. The number of alkyl halides is 3. The second-order valence-electron chi connectivity index (χ2n) is 9.17. The van der Waals surface area contributed by atoms with Crippen LogP contribution in [-0.4, -0.2) is 57.6 Å². The summed E-state index contributed by atoms with van der Waals surface area (Å²) >= 11 is 0. The number of aromatic nitrogens is 4. The maximum Gasteiger partial charge on any atom is 0.433 e. The Kier molecular flexibility index (Phi) is 7.16. The van der Waals surface area contributed by atoms with Gasteiger partial charge < -0.3 is 19.9 Å². The number of hydrogen-bond acceptors (Lipinski definition) is 7. The molecule has 2 N–H and O–H groups in total. The van der Waals surface area contributed by atoms with Gasteiger partial charge in [0.1, 0.15) is 6.61 Å². The van der Waals surface area contributed by atoms with Gasteiger partial charge in [-0.1, -0.05) is 18.2 Å². The van der Waals surface area contributed by atoms with Crippen LogP contribution in [0, 0.1) is 0 Å². The Hall–Kier alpha value is -4.16. The van der Waals surface area contributed by atoms with Crippen LogP contribution in [0.4, 0.5) is 29.6 Å². The van der Waals surface area contributed by atoms with E-state index in [1.165, 1.54) is 6.33 Å². The van der Waals surface area contributed by atoms with Crippen molar-refractivity contribution >= 4 is 23.6 Å². The van der Waals surface area contributed by atoms with Crippen LogP contribution in [0.3, 0.4) is 0 Å². The van der Waals surface area contributed by atoms with Crippen molar-refractivity contribution in [1.29, 1.82) is 0 Å². The van der Waals surface area contributed by atoms with Crippen molar-refractivity contribution in [2.24, 2.45) is 0 Å². The van der Waals surface area contributed by atoms with Crippen molar-refractivity contribution in [2.45, 2.75) is 44.5 Å². The number of carbonyl (C=O) groups is 2. The molecule has 1 aromatic carbocycles. The molecule has 3 aromatic rings. The van der Waals surface area contributed by atoms with E-state index in [-0.39, 0.29) is 30.7 Å². The molecule has 2 aliphatic heterocycles. The fourth-order valence-electron chi connectivity index (χ4n) is 4.76. The Balaban J connectivity index is 1.24. The standard InChI is InChI=1S/C25H26F3N7O3/c26-25(27,28)22-17(11-21(36)30-8-5-18-13-29-15-32-18)12-31-23(33-22)34-9-6-19(7-10-34)35-20-4-2-1-3-16(20)14-38-24(35)37/h1-4,12-13,15,19H,5-11,14H2,(H,29,32)(H,30,36). The first-order chi connectivity index (χ1) is 18.3. The molecule has 13 heteroatoms. The number of fused-ring (bicyclic) bond motifs is 1. The number of halogens is 3. The van der Waals surface area contributed by atoms with E-state index in [1.54, 1.807) is 16.0 Å². The number of ether oxygens (including phenoxy) is 1. The van der Waals surface area contributed by atoms with Crippen LogP contribution in [-0.2, 0) is 35.2 Å². The zero-order valence-corrected chi connectivity index (χ0v) is 20.4. The minimum absolute atomic E-state index is 0.0548. The summed E-state index contributed by atoms with van der Waals surface area (Å²) in [4.78, 5) is 42.9. The van der Waals surface area contributed by atoms with Gasteiger partial charge in [-0.25, -0.2) is 19.7 Å². The smallest absolute Gasteiger partial charge is 0.433 e. The van der Waals surface area contributed by atoms with Crippen molar-refractivity contribution in [3.8, 4) is 0 Å². The maximum absolute atomic E-state index is 13.9. The van der Waals surface area contributed by atoms with Crippen LogP contribution in [0.5, 0.6) is 0 Å². The van der Waals surface area contributed by atoms with E-state index in [0.29, 0.717) is 32.4 Å². The first-order valence-electron chi connectivity index (χ1n) is 12.3. The van der Waals surface area contributed by atoms with Gasteiger partial charge in [0, 0.05) is 61.3 Å². The Morgan fingerprint density at radius 3 is 2.71 bits per heavy atom. The summed E-state index contributed by atoms with van der Waals surface area (Å²) in [7, 11) is 0. The minimum Gasteiger partial charge on any atom is -0.444 e. The molecule has 0 unspecified atom stereocenters. The van der Waals surface area contributed by atoms with Gasteiger partial charge in [0.05, 0.1) is 18.4 Å². The topological polar surface area (TPSA) is 116 Å². The molecule has 0 bridgehead atoms. The molecular weight excluding hydrogens is 503 g/mol. The number of rotatable bonds is 7. The first kappa shape index (κ1) is 25.5. The number of nitrogens with one attached hydrogen (secondary N) is 2. The Labute approximate surface area is 216 Å². The number of carbonyl (C=O) groups excluding carboxylic acids is 2. The number of piperidine rings is 1. The quantitative estimate of drug-likeness (QED) is 0.483. The third-order valence-corrected chi connectivity index (χ3v) is 6.65. The minimum atomic E-state index is -4.75. The normalized spacial score (nSPS) is 16.2. The molecule has 0 saturated carbocycles. The lowest BCUT2D eigenvalue weighted by Gasteiger charge is -2.40. The molecule has 2 amide bonds. The molecule has 4 heterocycles. The molecule has 0 spiro atoms. The van der Waals surface area contributed by atoms with Gasteiger partial charge >= 0.3 is 12.3 Å². The lowest BCUT2D eigenvalue weighted by Crippen LogP contribution is -2.49. The zero-order chi connectivity index (χ0) is 26.7. The van der Waals surface area contributed by atoms with E-state index in [4.69, 9.17) is 4.74 Å². The van der Waals surface area contributed by atoms with Gasteiger partial charge in [-0.3, -0.25) is 9.69 Å². The van der Waals surface area contributed by atoms with Gasteiger partial charge in [-0.2, -0.15) is 13.2 Å². The highest BCUT2D eigenvalue weighted by molar-refractivity contribution is 5.91. The molecule has 200 valence electrons. The van der Waals surface area contributed by atoms with Crippen molar-refractivity contribution < 1.29 is 27.5 Å². The number of benzene rings is 1. The van der Waals surface area contributed by atoms with Crippen molar-refractivity contribution in [2.75, 3.05) is 29.4 Å². The van der Waals surface area contributed by atoms with E-state index in [2.05, 4.69) is 25.3 Å². The number of amides is 2. The lowest BCUT2D eigenvalue weighted by atomic mass is 10.0. The number of aromatic amines is 1. The van der Waals surface area contributed by atoms with Crippen molar-refractivity contribution in [3.05, 3.63) is 65.5 Å². The SMILES string of the molecule is O=C(Cc1cnc(N2CCC(N3C(=O)OCc4ccccc43)CC2)nc1C(F)(F)F)NCCc1cnc[nH]1. The Morgan fingerprint density at radius 1 is 1.18 bits per heavy atom. The van der Waals surface area contributed by atoms with E-state index in [1.807, 2.05) is 24.3 Å². The summed E-state index contributed by atoms with van der Waals surface area (Å²) in [5.41, 5.74) is 1.10. The van der Waals surface area contributed by atoms with Gasteiger partial charge in [-0.05, 0) is 18.9 Å². The Bertz CT molecular complexity index is 1290. The van der Waals surface area contributed by atoms with E-state index in [0.717, 1.165) is 23.1 Å². The summed E-state index contributed by atoms with van der Waals surface area (Å²) in [6.45, 7) is 1.20. The fraction of sp³-hybridized carbons (Fsp3) is 0.400. The molecule has 5 rings (SSSR count). The lowest BCUT2D eigenvalue weighted by molar-refractivity contribution is -0.142. The molecule has 0 atom stereocenters. The number of cyclic esters (lactones) is 1. The summed E-state index contributed by atoms with van der Waals surface area (Å²) in [5.74, 6) is -0.610. The number of para-hydroxylation sites is 1. The highest BCUT2D eigenvalue weighted by atomic mass is 19.4. The molecule has 0 aliphatic carbocycles. The summed E-state index contributed by atoms with van der Waals surface area (Å²) < 4.78 is 46.9. The van der Waals surface area contributed by atoms with Gasteiger partial charge in [0.25, 0.3) is 0 Å². The van der Waals surface area contributed by atoms with Crippen LogP contribution in [0.25, 0.3) is 0 Å². The monoisotopic (exact) mass is 529 g/mol. The van der Waals surface area contributed by atoms with E-state index >= 15 is 0 Å². The van der Waals surface area contributed by atoms with Crippen LogP contribution in [0.15, 0.2) is 43.0 Å². The average Bonchev–Trinajstić information content (AvgIpc) is 3.42. The summed E-state index contributed by atoms with van der Waals surface area (Å²) in [6.07, 6.45) is 0.0242. The van der Waals surface area contributed by atoms with Crippen molar-refractivity contribution in [3.63, 3.8) is 0 Å². The Morgan fingerprint density at radius 2 is 1.97 bits per heavy atom. The first-order valence-corrected chi connectivity index (χ1v) is 12.3. The predicted molar refractivity (Wildman–Crippen MR) is 130 cm³/mol. The number of imidazole rings is 1. The molecule has 2 aliphatic rings. The highest BCUT2D eigenvalue weighted by Crippen LogP contribution is 2.34. The van der Waals surface area contributed by atoms with Crippen molar-refractivity contribution in [1.82, 2.24) is 25.3 Å². The molecule has 1 fully saturated rings. The summed E-state index contributed by atoms with van der Waals surface area (Å²) in [5, 5.41) is 2.61. The molecule has 38 heavy (non-hydrogen) atoms. The fourth-order valence-corrected chi connectivity index (χ4v) is 4.76.